The Morgan fingerprint density at radius 3 is 2.45 bits per heavy atom. The molecule has 1 N–H and O–H groups in total. The Morgan fingerprint density at radius 1 is 1.17 bits per heavy atom. The molecule has 1 aromatic carbocycles. The van der Waals surface area contributed by atoms with Crippen LogP contribution in [-0.2, 0) is 26.1 Å². The predicted octanol–water partition coefficient (Wildman–Crippen LogP) is 3.48. The first-order valence-corrected chi connectivity index (χ1v) is 12.1. The molecule has 1 aliphatic rings. The minimum absolute atomic E-state index is 0.0895. The summed E-state index contributed by atoms with van der Waals surface area (Å²) in [6.45, 7) is 5.84. The fraction of sp³-hybridized carbons (Fsp3) is 0.450. The summed E-state index contributed by atoms with van der Waals surface area (Å²) < 4.78 is 32.4. The molecule has 29 heavy (non-hydrogen) atoms. The Kier molecular flexibility index (Phi) is 7.34. The molecule has 0 aliphatic carbocycles. The molecule has 1 atom stereocenters. The van der Waals surface area contributed by atoms with Gasteiger partial charge in [0, 0.05) is 23.0 Å². The summed E-state index contributed by atoms with van der Waals surface area (Å²) in [7, 11) is -3.51. The summed E-state index contributed by atoms with van der Waals surface area (Å²) in [5.41, 5.74) is 0.906. The zero-order valence-electron chi connectivity index (χ0n) is 16.4. The third-order valence-electron chi connectivity index (χ3n) is 4.82. The topological polar surface area (TPSA) is 75.7 Å². The van der Waals surface area contributed by atoms with E-state index in [2.05, 4.69) is 5.32 Å². The normalized spacial score (nSPS) is 16.7. The second-order valence-corrected chi connectivity index (χ2v) is 11.0. The Balaban J connectivity index is 1.66. The maximum absolute atomic E-state index is 12.8. The Bertz CT molecular complexity index is 936. The van der Waals surface area contributed by atoms with Gasteiger partial charge in [-0.1, -0.05) is 37.6 Å². The second-order valence-electron chi connectivity index (χ2n) is 7.23. The van der Waals surface area contributed by atoms with Gasteiger partial charge in [0.1, 0.15) is 4.21 Å². The number of amides is 1. The number of sulfonamides is 1. The van der Waals surface area contributed by atoms with Crippen molar-refractivity contribution in [3.8, 4) is 0 Å². The van der Waals surface area contributed by atoms with Gasteiger partial charge in [-0.3, -0.25) is 4.79 Å². The van der Waals surface area contributed by atoms with E-state index < -0.39 is 10.0 Å². The average molecular weight is 457 g/mol. The van der Waals surface area contributed by atoms with Crippen LogP contribution in [0.3, 0.4) is 0 Å². The number of morpholine rings is 1. The van der Waals surface area contributed by atoms with Gasteiger partial charge in [0.2, 0.25) is 5.91 Å². The van der Waals surface area contributed by atoms with Crippen molar-refractivity contribution in [3.05, 3.63) is 51.9 Å². The molecule has 1 fully saturated rings. The number of ether oxygens (including phenoxy) is 1. The lowest BCUT2D eigenvalue weighted by atomic mass is 9.87. The van der Waals surface area contributed by atoms with Gasteiger partial charge in [-0.2, -0.15) is 4.31 Å². The average Bonchev–Trinajstić information content (AvgIpc) is 3.18. The van der Waals surface area contributed by atoms with Gasteiger partial charge in [-0.25, -0.2) is 8.42 Å². The van der Waals surface area contributed by atoms with Gasteiger partial charge < -0.3 is 10.1 Å². The molecule has 3 rings (SSSR count). The van der Waals surface area contributed by atoms with Crippen LogP contribution in [0.5, 0.6) is 0 Å². The van der Waals surface area contributed by atoms with Crippen molar-refractivity contribution in [1.29, 1.82) is 0 Å². The molecular formula is C20H25ClN2O4S2. The smallest absolute Gasteiger partial charge is 0.252 e. The van der Waals surface area contributed by atoms with Gasteiger partial charge >= 0.3 is 0 Å². The van der Waals surface area contributed by atoms with E-state index in [0.29, 0.717) is 42.1 Å². The number of nitrogens with one attached hydrogen (secondary N) is 1. The fourth-order valence-electron chi connectivity index (χ4n) is 3.30. The minimum Gasteiger partial charge on any atom is -0.379 e. The van der Waals surface area contributed by atoms with Crippen LogP contribution in [0.15, 0.2) is 40.6 Å². The van der Waals surface area contributed by atoms with Gasteiger partial charge in [0.15, 0.2) is 0 Å². The monoisotopic (exact) mass is 456 g/mol. The summed E-state index contributed by atoms with van der Waals surface area (Å²) >= 11 is 7.14. The van der Waals surface area contributed by atoms with Crippen molar-refractivity contribution >= 4 is 38.9 Å². The summed E-state index contributed by atoms with van der Waals surface area (Å²) in [5, 5.41) is 3.58. The number of benzene rings is 1. The first kappa shape index (κ1) is 22.2. The number of hydrogen-bond donors (Lipinski definition) is 1. The molecule has 158 valence electrons. The van der Waals surface area contributed by atoms with Crippen LogP contribution in [0.1, 0.15) is 30.2 Å². The molecule has 6 nitrogen and oxygen atoms in total. The second kappa shape index (κ2) is 9.57. The molecule has 1 amide bonds. The van der Waals surface area contributed by atoms with Crippen molar-refractivity contribution < 1.29 is 17.9 Å². The molecule has 1 saturated heterocycles. The molecule has 0 saturated carbocycles. The summed E-state index contributed by atoms with van der Waals surface area (Å²) in [6.07, 6.45) is 0. The van der Waals surface area contributed by atoms with E-state index in [0.717, 1.165) is 10.4 Å². The number of rotatable bonds is 7. The lowest BCUT2D eigenvalue weighted by molar-refractivity contribution is -0.123. The molecule has 0 bridgehead atoms. The van der Waals surface area contributed by atoms with E-state index >= 15 is 0 Å². The van der Waals surface area contributed by atoms with Crippen LogP contribution in [0.4, 0.5) is 0 Å². The van der Waals surface area contributed by atoms with Crippen molar-refractivity contribution in [2.75, 3.05) is 26.3 Å². The van der Waals surface area contributed by atoms with Gasteiger partial charge in [0.05, 0.1) is 25.7 Å². The first-order chi connectivity index (χ1) is 13.8. The van der Waals surface area contributed by atoms with E-state index in [1.54, 1.807) is 24.3 Å². The van der Waals surface area contributed by atoms with Crippen LogP contribution in [-0.4, -0.2) is 44.9 Å². The van der Waals surface area contributed by atoms with Crippen molar-refractivity contribution in [2.45, 2.75) is 30.5 Å². The number of carbonyl (C=O) groups is 1. The van der Waals surface area contributed by atoms with Crippen LogP contribution in [0.2, 0.25) is 5.02 Å². The first-order valence-electron chi connectivity index (χ1n) is 9.49. The molecule has 0 spiro atoms. The van der Waals surface area contributed by atoms with Crippen LogP contribution in [0.25, 0.3) is 0 Å². The molecule has 1 unspecified atom stereocenters. The Morgan fingerprint density at radius 2 is 1.83 bits per heavy atom. The maximum atomic E-state index is 12.8. The van der Waals surface area contributed by atoms with E-state index in [1.165, 1.54) is 15.6 Å². The molecule has 1 aliphatic heterocycles. The lowest BCUT2D eigenvalue weighted by Crippen LogP contribution is -2.40. The van der Waals surface area contributed by atoms with E-state index in [9.17, 15) is 13.2 Å². The van der Waals surface area contributed by atoms with Crippen molar-refractivity contribution in [3.63, 3.8) is 0 Å². The highest BCUT2D eigenvalue weighted by atomic mass is 35.5. The predicted molar refractivity (Wildman–Crippen MR) is 115 cm³/mol. The van der Waals surface area contributed by atoms with E-state index in [1.807, 2.05) is 26.0 Å². The molecule has 2 heterocycles. The van der Waals surface area contributed by atoms with Gasteiger partial charge in [-0.05, 0) is 35.7 Å². The maximum Gasteiger partial charge on any atom is 0.252 e. The zero-order chi connectivity index (χ0) is 21.0. The Labute approximate surface area is 180 Å². The zero-order valence-corrected chi connectivity index (χ0v) is 18.8. The van der Waals surface area contributed by atoms with Crippen LogP contribution in [0, 0.1) is 5.92 Å². The number of carbonyl (C=O) groups excluding carboxylic acids is 1. The van der Waals surface area contributed by atoms with Gasteiger partial charge in [-0.15, -0.1) is 11.3 Å². The number of halogens is 1. The van der Waals surface area contributed by atoms with Crippen molar-refractivity contribution in [1.82, 2.24) is 9.62 Å². The van der Waals surface area contributed by atoms with E-state index in [-0.39, 0.29) is 17.7 Å². The summed E-state index contributed by atoms with van der Waals surface area (Å²) in [6, 6.07) is 10.7. The number of hydrogen-bond acceptors (Lipinski definition) is 5. The molecular weight excluding hydrogens is 432 g/mol. The number of thiophene rings is 1. The fourth-order valence-corrected chi connectivity index (χ4v) is 6.28. The van der Waals surface area contributed by atoms with Crippen LogP contribution < -0.4 is 5.32 Å². The van der Waals surface area contributed by atoms with Gasteiger partial charge in [0.25, 0.3) is 10.0 Å². The Hall–Kier alpha value is -1.45. The van der Waals surface area contributed by atoms with E-state index in [4.69, 9.17) is 16.3 Å². The highest BCUT2D eigenvalue weighted by Crippen LogP contribution is 2.28. The third kappa shape index (κ3) is 5.38. The summed E-state index contributed by atoms with van der Waals surface area (Å²) in [5.74, 6) is -0.283. The highest BCUT2D eigenvalue weighted by Gasteiger charge is 2.28. The highest BCUT2D eigenvalue weighted by molar-refractivity contribution is 7.91. The number of nitrogens with zero attached hydrogens (tertiary/aromatic N) is 1. The molecule has 2 aromatic rings. The molecule has 0 radical (unpaired) electrons. The standard InChI is InChI=1S/C20H25ClN2O4S2/c1-14(2)19(15-3-5-16(21)6-4-15)20(24)22-13-17-7-8-18(28-17)29(25,26)23-9-11-27-12-10-23/h3-8,14,19H,9-13H2,1-2H3,(H,22,24). The lowest BCUT2D eigenvalue weighted by Gasteiger charge is -2.25. The minimum atomic E-state index is -3.51. The SMILES string of the molecule is CC(C)C(C(=O)NCc1ccc(S(=O)(=O)N2CCOCC2)s1)c1ccc(Cl)cc1. The third-order valence-corrected chi connectivity index (χ3v) is 8.52. The van der Waals surface area contributed by atoms with Crippen molar-refractivity contribution in [2.24, 2.45) is 5.92 Å². The molecule has 9 heteroatoms. The quantitative estimate of drug-likeness (QED) is 0.692. The largest absolute Gasteiger partial charge is 0.379 e. The molecule has 1 aromatic heterocycles. The van der Waals surface area contributed by atoms with Crippen LogP contribution >= 0.6 is 22.9 Å². The summed E-state index contributed by atoms with van der Waals surface area (Å²) in [4.78, 5) is 13.6.